The van der Waals surface area contributed by atoms with Crippen molar-refractivity contribution in [3.63, 3.8) is 0 Å². The number of nitrogens with one attached hydrogen (secondary N) is 3. The van der Waals surface area contributed by atoms with E-state index in [-0.39, 0.29) is 29.7 Å². The van der Waals surface area contributed by atoms with E-state index in [4.69, 9.17) is 16.9 Å². The highest BCUT2D eigenvalue weighted by Gasteiger charge is 2.38. The lowest BCUT2D eigenvalue weighted by atomic mass is 10.1. The molecule has 0 aromatic heterocycles. The van der Waals surface area contributed by atoms with Crippen LogP contribution in [0.25, 0.3) is 10.8 Å². The Morgan fingerprint density at radius 2 is 1.76 bits per heavy atom. The van der Waals surface area contributed by atoms with Crippen LogP contribution in [0.5, 0.6) is 0 Å². The molecular formula is C26H30N6O4S. The van der Waals surface area contributed by atoms with E-state index in [9.17, 15) is 18.0 Å². The molecule has 194 valence electrons. The molecule has 0 spiro atoms. The molecule has 1 aliphatic rings. The van der Waals surface area contributed by atoms with Gasteiger partial charge in [0.05, 0.1) is 4.90 Å². The second kappa shape index (κ2) is 11.1. The topological polar surface area (TPSA) is 171 Å². The molecule has 1 fully saturated rings. The predicted octanol–water partition coefficient (Wildman–Crippen LogP) is 1.04. The van der Waals surface area contributed by atoms with Crippen molar-refractivity contribution in [2.45, 2.75) is 36.4 Å². The van der Waals surface area contributed by atoms with Gasteiger partial charge in [-0.3, -0.25) is 15.0 Å². The van der Waals surface area contributed by atoms with Crippen molar-refractivity contribution in [3.05, 3.63) is 77.9 Å². The third-order valence-electron chi connectivity index (χ3n) is 6.43. The van der Waals surface area contributed by atoms with E-state index in [1.54, 1.807) is 36.4 Å². The van der Waals surface area contributed by atoms with Crippen LogP contribution in [0.2, 0.25) is 0 Å². The lowest BCUT2D eigenvalue weighted by Crippen LogP contribution is -2.55. The number of nitrogen functional groups attached to an aromatic ring is 1. The van der Waals surface area contributed by atoms with Crippen molar-refractivity contribution in [2.24, 2.45) is 11.5 Å². The molecule has 2 atom stereocenters. The van der Waals surface area contributed by atoms with Crippen LogP contribution in [0.3, 0.4) is 0 Å². The van der Waals surface area contributed by atoms with Gasteiger partial charge in [-0.25, -0.2) is 8.42 Å². The number of amides is 2. The molecule has 7 N–H and O–H groups in total. The zero-order valence-corrected chi connectivity index (χ0v) is 21.0. The van der Waals surface area contributed by atoms with Crippen LogP contribution < -0.4 is 21.5 Å². The molecular weight excluding hydrogens is 492 g/mol. The fraction of sp³-hybridized carbons (Fsp3) is 0.269. The number of likely N-dealkylation sites (tertiary alicyclic amines) is 1. The summed E-state index contributed by atoms with van der Waals surface area (Å²) in [7, 11) is -4.03. The van der Waals surface area contributed by atoms with Crippen LogP contribution in [0, 0.1) is 5.41 Å². The number of nitrogens with two attached hydrogens (primary N) is 2. The third kappa shape index (κ3) is 5.96. The van der Waals surface area contributed by atoms with Crippen molar-refractivity contribution in [1.29, 1.82) is 5.41 Å². The lowest BCUT2D eigenvalue weighted by molar-refractivity contribution is -0.139. The number of hydrogen-bond donors (Lipinski definition) is 5. The highest BCUT2D eigenvalue weighted by Crippen LogP contribution is 2.21. The molecule has 0 radical (unpaired) electrons. The SMILES string of the molecule is N=C(N)c1ccc(CNC(=O)[C@@H]2CCCN2C(=O)[C@H](CN)NS(=O)(=O)c2ccc3ccccc3c2)cc1. The average molecular weight is 523 g/mol. The fourth-order valence-corrected chi connectivity index (χ4v) is 5.64. The molecule has 0 unspecified atom stereocenters. The highest BCUT2D eigenvalue weighted by molar-refractivity contribution is 7.89. The van der Waals surface area contributed by atoms with E-state index < -0.39 is 28.0 Å². The smallest absolute Gasteiger partial charge is 0.243 e. The number of benzene rings is 3. The Morgan fingerprint density at radius 3 is 2.43 bits per heavy atom. The van der Waals surface area contributed by atoms with Gasteiger partial charge < -0.3 is 21.7 Å². The number of amidine groups is 1. The molecule has 0 bridgehead atoms. The number of carbonyl (C=O) groups is 2. The van der Waals surface area contributed by atoms with E-state index >= 15 is 0 Å². The monoisotopic (exact) mass is 522 g/mol. The largest absolute Gasteiger partial charge is 0.384 e. The molecule has 1 saturated heterocycles. The van der Waals surface area contributed by atoms with Gasteiger partial charge in [-0.05, 0) is 41.3 Å². The van der Waals surface area contributed by atoms with Crippen LogP contribution in [-0.4, -0.2) is 56.1 Å². The molecule has 37 heavy (non-hydrogen) atoms. The van der Waals surface area contributed by atoms with Gasteiger partial charge in [-0.1, -0.05) is 54.6 Å². The number of sulfonamides is 1. The Kier molecular flexibility index (Phi) is 7.86. The zero-order valence-electron chi connectivity index (χ0n) is 20.2. The van der Waals surface area contributed by atoms with Gasteiger partial charge in [-0.2, -0.15) is 4.72 Å². The quantitative estimate of drug-likeness (QED) is 0.207. The Hall–Kier alpha value is -3.80. The molecule has 3 aromatic rings. The number of carbonyl (C=O) groups excluding carboxylic acids is 2. The van der Waals surface area contributed by atoms with Gasteiger partial charge >= 0.3 is 0 Å². The maximum Gasteiger partial charge on any atom is 0.243 e. The Labute approximate surface area is 215 Å². The van der Waals surface area contributed by atoms with Gasteiger partial charge in [0.15, 0.2) is 0 Å². The van der Waals surface area contributed by atoms with E-state index in [1.165, 1.54) is 11.0 Å². The van der Waals surface area contributed by atoms with Crippen molar-refractivity contribution in [1.82, 2.24) is 14.9 Å². The summed E-state index contributed by atoms with van der Waals surface area (Å²) in [5, 5.41) is 11.9. The maximum absolute atomic E-state index is 13.3. The van der Waals surface area contributed by atoms with Crippen LogP contribution in [-0.2, 0) is 26.2 Å². The molecule has 0 saturated carbocycles. The molecule has 2 amide bonds. The minimum atomic E-state index is -4.03. The first kappa shape index (κ1) is 26.3. The summed E-state index contributed by atoms with van der Waals surface area (Å²) in [6.07, 6.45) is 1.08. The van der Waals surface area contributed by atoms with Crippen LogP contribution in [0.15, 0.2) is 71.6 Å². The molecule has 1 aliphatic heterocycles. The van der Waals surface area contributed by atoms with E-state index in [1.807, 2.05) is 24.3 Å². The lowest BCUT2D eigenvalue weighted by Gasteiger charge is -2.28. The summed E-state index contributed by atoms with van der Waals surface area (Å²) in [5.41, 5.74) is 12.7. The Morgan fingerprint density at radius 1 is 1.05 bits per heavy atom. The number of hydrogen-bond acceptors (Lipinski definition) is 6. The summed E-state index contributed by atoms with van der Waals surface area (Å²) in [5.74, 6) is -0.897. The van der Waals surface area contributed by atoms with Gasteiger partial charge in [0.1, 0.15) is 17.9 Å². The summed E-state index contributed by atoms with van der Waals surface area (Å²) in [6.45, 7) is 0.321. The number of rotatable bonds is 9. The standard InChI is InChI=1S/C26H30N6O4S/c27-15-22(31-37(35,36)21-12-11-18-4-1-2-5-20(18)14-21)26(34)32-13-3-6-23(32)25(33)30-16-17-7-9-19(10-8-17)24(28)29/h1-2,4-5,7-12,14,22-23,31H,3,6,13,15-16,27H2,(H3,28,29)(H,30,33)/t22-,23-/m0/s1. The average Bonchev–Trinajstić information content (AvgIpc) is 3.40. The second-order valence-electron chi connectivity index (χ2n) is 8.94. The van der Waals surface area contributed by atoms with Gasteiger partial charge in [0.2, 0.25) is 21.8 Å². The Bertz CT molecular complexity index is 1420. The molecule has 4 rings (SSSR count). The van der Waals surface area contributed by atoms with E-state index in [0.29, 0.717) is 24.9 Å². The molecule has 1 heterocycles. The van der Waals surface area contributed by atoms with Gasteiger partial charge in [-0.15, -0.1) is 0 Å². The first-order valence-electron chi connectivity index (χ1n) is 11.9. The molecule has 0 aliphatic carbocycles. The minimum Gasteiger partial charge on any atom is -0.384 e. The summed E-state index contributed by atoms with van der Waals surface area (Å²) < 4.78 is 28.6. The number of nitrogens with zero attached hydrogens (tertiary/aromatic N) is 1. The first-order chi connectivity index (χ1) is 17.7. The fourth-order valence-electron chi connectivity index (χ4n) is 4.40. The highest BCUT2D eigenvalue weighted by atomic mass is 32.2. The van der Waals surface area contributed by atoms with Gasteiger partial charge in [0.25, 0.3) is 0 Å². The van der Waals surface area contributed by atoms with Crippen molar-refractivity contribution in [2.75, 3.05) is 13.1 Å². The summed E-state index contributed by atoms with van der Waals surface area (Å²) >= 11 is 0. The van der Waals surface area contributed by atoms with Crippen molar-refractivity contribution in [3.8, 4) is 0 Å². The van der Waals surface area contributed by atoms with Crippen molar-refractivity contribution < 1.29 is 18.0 Å². The van der Waals surface area contributed by atoms with Crippen LogP contribution >= 0.6 is 0 Å². The molecule has 11 heteroatoms. The normalized spacial score (nSPS) is 16.5. The van der Waals surface area contributed by atoms with Gasteiger partial charge in [0, 0.05) is 25.2 Å². The second-order valence-corrected chi connectivity index (χ2v) is 10.7. The maximum atomic E-state index is 13.3. The van der Waals surface area contributed by atoms with Crippen LogP contribution in [0.4, 0.5) is 0 Å². The van der Waals surface area contributed by atoms with Crippen molar-refractivity contribution >= 4 is 38.4 Å². The molecule has 3 aromatic carbocycles. The predicted molar refractivity (Wildman–Crippen MR) is 141 cm³/mol. The Balaban J connectivity index is 1.42. The summed E-state index contributed by atoms with van der Waals surface area (Å²) in [4.78, 5) is 27.6. The summed E-state index contributed by atoms with van der Waals surface area (Å²) in [6, 6.07) is 17.1. The molecule has 10 nitrogen and oxygen atoms in total. The first-order valence-corrected chi connectivity index (χ1v) is 13.4. The third-order valence-corrected chi connectivity index (χ3v) is 7.90. The van der Waals surface area contributed by atoms with E-state index in [2.05, 4.69) is 10.0 Å². The van der Waals surface area contributed by atoms with Crippen LogP contribution in [0.1, 0.15) is 24.0 Å². The number of fused-ring (bicyclic) bond motifs is 1. The van der Waals surface area contributed by atoms with E-state index in [0.717, 1.165) is 16.3 Å². The zero-order chi connectivity index (χ0) is 26.6. The minimum absolute atomic E-state index is 0.0314.